The average Bonchev–Trinajstić information content (AvgIpc) is 1.99. The predicted octanol–water partition coefficient (Wildman–Crippen LogP) is 4.35. The van der Waals surface area contributed by atoms with Gasteiger partial charge >= 0.3 is 0 Å². The summed E-state index contributed by atoms with van der Waals surface area (Å²) in [6.45, 7) is 9.37. The van der Waals surface area contributed by atoms with Crippen LogP contribution in [0.3, 0.4) is 0 Å². The van der Waals surface area contributed by atoms with E-state index in [1.165, 1.54) is 0 Å². The second-order valence-corrected chi connectivity index (χ2v) is 4.68. The van der Waals surface area contributed by atoms with Crippen LogP contribution in [0.1, 0.15) is 47.5 Å². The third-order valence-electron chi connectivity index (χ3n) is 2.92. The van der Waals surface area contributed by atoms with Gasteiger partial charge in [0, 0.05) is 12.3 Å². The summed E-state index contributed by atoms with van der Waals surface area (Å²) >= 11 is 0. The molecule has 1 atom stereocenters. The summed E-state index contributed by atoms with van der Waals surface area (Å²) < 4.78 is 26.3. The van der Waals surface area contributed by atoms with E-state index in [9.17, 15) is 8.78 Å². The lowest BCUT2D eigenvalue weighted by Gasteiger charge is -2.23. The topological polar surface area (TPSA) is 0 Å². The fraction of sp³-hybridized carbons (Fsp3) is 1.00. The molecule has 80 valence electrons. The van der Waals surface area contributed by atoms with Crippen molar-refractivity contribution in [2.75, 3.05) is 0 Å². The van der Waals surface area contributed by atoms with Crippen molar-refractivity contribution in [1.29, 1.82) is 0 Å². The van der Waals surface area contributed by atoms with Crippen molar-refractivity contribution in [1.82, 2.24) is 0 Å². The Bertz CT molecular complexity index is 139. The van der Waals surface area contributed by atoms with Crippen molar-refractivity contribution in [2.45, 2.75) is 53.4 Å². The van der Waals surface area contributed by atoms with Gasteiger partial charge in [0.2, 0.25) is 5.92 Å². The Morgan fingerprint density at radius 1 is 1.00 bits per heavy atom. The summed E-state index contributed by atoms with van der Waals surface area (Å²) in [6.07, 6.45) is 0.660. The van der Waals surface area contributed by atoms with Crippen LogP contribution in [0.5, 0.6) is 0 Å². The van der Waals surface area contributed by atoms with Gasteiger partial charge in [-0.05, 0) is 18.3 Å². The van der Waals surface area contributed by atoms with Crippen LogP contribution in [0.15, 0.2) is 0 Å². The van der Waals surface area contributed by atoms with Crippen molar-refractivity contribution < 1.29 is 8.78 Å². The van der Waals surface area contributed by atoms with Crippen LogP contribution in [0.4, 0.5) is 8.78 Å². The Hall–Kier alpha value is -0.140. The van der Waals surface area contributed by atoms with Gasteiger partial charge in [-0.15, -0.1) is 0 Å². The Kier molecular flexibility index (Phi) is 4.87. The molecule has 13 heavy (non-hydrogen) atoms. The Morgan fingerprint density at radius 3 is 1.77 bits per heavy atom. The fourth-order valence-corrected chi connectivity index (χ4v) is 1.04. The highest BCUT2D eigenvalue weighted by Crippen LogP contribution is 2.31. The average molecular weight is 192 g/mol. The number of halogens is 2. The second-order valence-electron chi connectivity index (χ2n) is 4.68. The van der Waals surface area contributed by atoms with E-state index in [0.717, 1.165) is 0 Å². The van der Waals surface area contributed by atoms with E-state index in [1.54, 1.807) is 13.8 Å². The van der Waals surface area contributed by atoms with Crippen LogP contribution >= 0.6 is 0 Å². The number of rotatable bonds is 5. The molecule has 0 fully saturated rings. The van der Waals surface area contributed by atoms with Gasteiger partial charge in [0.15, 0.2) is 0 Å². The van der Waals surface area contributed by atoms with E-state index in [1.807, 2.05) is 6.92 Å². The highest BCUT2D eigenvalue weighted by atomic mass is 19.3. The van der Waals surface area contributed by atoms with Crippen LogP contribution < -0.4 is 0 Å². The maximum atomic E-state index is 13.2. The molecule has 0 saturated carbocycles. The van der Waals surface area contributed by atoms with Gasteiger partial charge in [0.05, 0.1) is 0 Å². The summed E-state index contributed by atoms with van der Waals surface area (Å²) in [7, 11) is 0. The second kappa shape index (κ2) is 4.92. The van der Waals surface area contributed by atoms with E-state index in [4.69, 9.17) is 0 Å². The standard InChI is InChI=1S/C11H22F2/c1-8(2)10(5)6-7-11(12,13)9(3)4/h8-10H,6-7H2,1-5H3/t10-/m1/s1. The maximum Gasteiger partial charge on any atom is 0.250 e. The molecule has 0 heterocycles. The first-order valence-electron chi connectivity index (χ1n) is 5.15. The van der Waals surface area contributed by atoms with Gasteiger partial charge < -0.3 is 0 Å². The molecule has 0 aromatic carbocycles. The zero-order chi connectivity index (χ0) is 10.6. The van der Waals surface area contributed by atoms with E-state index < -0.39 is 11.8 Å². The van der Waals surface area contributed by atoms with Crippen molar-refractivity contribution in [3.05, 3.63) is 0 Å². The van der Waals surface area contributed by atoms with Crippen molar-refractivity contribution in [3.8, 4) is 0 Å². The molecule has 0 aromatic heterocycles. The van der Waals surface area contributed by atoms with Gasteiger partial charge in [-0.1, -0.05) is 34.6 Å². The van der Waals surface area contributed by atoms with Crippen LogP contribution in [-0.2, 0) is 0 Å². The first kappa shape index (κ1) is 12.9. The first-order chi connectivity index (χ1) is 5.77. The van der Waals surface area contributed by atoms with Gasteiger partial charge in [0.25, 0.3) is 0 Å². The van der Waals surface area contributed by atoms with Gasteiger partial charge in [-0.25, -0.2) is 8.78 Å². The van der Waals surface area contributed by atoms with E-state index in [-0.39, 0.29) is 6.42 Å². The van der Waals surface area contributed by atoms with E-state index in [2.05, 4.69) is 13.8 Å². The maximum absolute atomic E-state index is 13.2. The van der Waals surface area contributed by atoms with E-state index in [0.29, 0.717) is 18.3 Å². The van der Waals surface area contributed by atoms with Crippen molar-refractivity contribution >= 4 is 0 Å². The zero-order valence-corrected chi connectivity index (χ0v) is 9.40. The molecule has 0 aliphatic carbocycles. The fourth-order valence-electron chi connectivity index (χ4n) is 1.04. The quantitative estimate of drug-likeness (QED) is 0.607. The van der Waals surface area contributed by atoms with Crippen molar-refractivity contribution in [3.63, 3.8) is 0 Å². The zero-order valence-electron chi connectivity index (χ0n) is 9.40. The molecule has 0 rings (SSSR count). The Labute approximate surface area is 80.7 Å². The molecule has 0 spiro atoms. The largest absolute Gasteiger partial charge is 0.250 e. The summed E-state index contributed by atoms with van der Waals surface area (Å²) in [5, 5.41) is 0. The highest BCUT2D eigenvalue weighted by Gasteiger charge is 2.33. The normalized spacial score (nSPS) is 15.5. The van der Waals surface area contributed by atoms with Crippen LogP contribution in [0.2, 0.25) is 0 Å². The minimum absolute atomic E-state index is 0.0318. The Morgan fingerprint density at radius 2 is 1.46 bits per heavy atom. The summed E-state index contributed by atoms with van der Waals surface area (Å²) in [4.78, 5) is 0. The lowest BCUT2D eigenvalue weighted by molar-refractivity contribution is -0.0573. The molecule has 0 aliphatic heterocycles. The molecular weight excluding hydrogens is 170 g/mol. The van der Waals surface area contributed by atoms with Crippen LogP contribution in [-0.4, -0.2) is 5.92 Å². The highest BCUT2D eigenvalue weighted by molar-refractivity contribution is 4.72. The molecule has 0 unspecified atom stereocenters. The molecule has 2 heteroatoms. The molecule has 0 amide bonds. The molecule has 0 N–H and O–H groups in total. The third kappa shape index (κ3) is 4.58. The first-order valence-corrected chi connectivity index (χ1v) is 5.15. The SMILES string of the molecule is CC(C)[C@H](C)CCC(F)(F)C(C)C. The van der Waals surface area contributed by atoms with E-state index >= 15 is 0 Å². The molecule has 0 aliphatic rings. The molecular formula is C11H22F2. The lowest BCUT2D eigenvalue weighted by atomic mass is 9.89. The molecule has 0 nitrogen and oxygen atoms in total. The minimum atomic E-state index is -2.48. The smallest absolute Gasteiger partial charge is 0.207 e. The van der Waals surface area contributed by atoms with Crippen LogP contribution in [0.25, 0.3) is 0 Å². The summed E-state index contributed by atoms with van der Waals surface area (Å²) in [6, 6.07) is 0. The summed E-state index contributed by atoms with van der Waals surface area (Å²) in [5.41, 5.74) is 0. The number of alkyl halides is 2. The number of hydrogen-bond acceptors (Lipinski definition) is 0. The lowest BCUT2D eigenvalue weighted by Crippen LogP contribution is -2.24. The monoisotopic (exact) mass is 192 g/mol. The number of hydrogen-bond donors (Lipinski definition) is 0. The summed E-state index contributed by atoms with van der Waals surface area (Å²) in [5.74, 6) is -2.12. The Balaban J connectivity index is 3.88. The molecule has 0 bridgehead atoms. The third-order valence-corrected chi connectivity index (χ3v) is 2.92. The van der Waals surface area contributed by atoms with Crippen LogP contribution in [0, 0.1) is 17.8 Å². The van der Waals surface area contributed by atoms with Gasteiger partial charge in [-0.2, -0.15) is 0 Å². The van der Waals surface area contributed by atoms with Crippen molar-refractivity contribution in [2.24, 2.45) is 17.8 Å². The van der Waals surface area contributed by atoms with Gasteiger partial charge in [0.1, 0.15) is 0 Å². The molecule has 0 saturated heterocycles. The predicted molar refractivity (Wildman–Crippen MR) is 53.0 cm³/mol. The minimum Gasteiger partial charge on any atom is -0.207 e. The molecule has 0 radical (unpaired) electrons. The van der Waals surface area contributed by atoms with Gasteiger partial charge in [-0.3, -0.25) is 0 Å². The molecule has 0 aromatic rings.